The lowest BCUT2D eigenvalue weighted by Crippen LogP contribution is -2.19. The summed E-state index contributed by atoms with van der Waals surface area (Å²) in [5.41, 5.74) is 24.2. The topological polar surface area (TPSA) is 16.4 Å². The van der Waals surface area contributed by atoms with Crippen LogP contribution in [0.25, 0.3) is 66.5 Å². The standard InChI is InChI=1S/C63H51NO/c1-63(2)58-36-30-48(38-57(58)62-56(46-19-10-5-11-20-46)39-50(40-59(62)63)43-17-8-4-9-18-43)47-21-14-22-53(37-47)64(51-31-25-44(26-32-51)42-15-6-3-7-16-42)52-33-27-45(28-34-52)49-29-35-55-54-23-12-13-24-60(54)65-61(55)41-49/h3,5-8,10-27,29,31-33,35,37-41H,4,9,28,30,34,36H2,1-2H3. The Hall–Kier alpha value is -7.42. The number of benzene rings is 7. The minimum Gasteiger partial charge on any atom is -0.456 e. The molecule has 0 aliphatic heterocycles. The Morgan fingerprint density at radius 1 is 0.508 bits per heavy atom. The van der Waals surface area contributed by atoms with Crippen LogP contribution in [-0.4, -0.2) is 0 Å². The molecule has 2 nitrogen and oxygen atoms in total. The molecular weight excluding hydrogens is 787 g/mol. The number of allylic oxidation sites excluding steroid dienone is 12. The number of hydrogen-bond donors (Lipinski definition) is 0. The van der Waals surface area contributed by atoms with E-state index in [9.17, 15) is 0 Å². The first-order chi connectivity index (χ1) is 32.0. The van der Waals surface area contributed by atoms with Gasteiger partial charge in [0.1, 0.15) is 11.2 Å². The van der Waals surface area contributed by atoms with Crippen LogP contribution in [0.4, 0.5) is 11.4 Å². The van der Waals surface area contributed by atoms with Gasteiger partial charge in [-0.3, -0.25) is 0 Å². The van der Waals surface area contributed by atoms with E-state index in [0.29, 0.717) is 0 Å². The van der Waals surface area contributed by atoms with Gasteiger partial charge in [-0.1, -0.05) is 159 Å². The van der Waals surface area contributed by atoms with E-state index in [1.165, 1.54) is 94.5 Å². The van der Waals surface area contributed by atoms with Gasteiger partial charge in [-0.25, -0.2) is 0 Å². The average molecular weight is 838 g/mol. The second-order valence-corrected chi connectivity index (χ2v) is 18.6. The zero-order valence-electron chi connectivity index (χ0n) is 37.2. The quantitative estimate of drug-likeness (QED) is 0.152. The Morgan fingerprint density at radius 3 is 2.00 bits per heavy atom. The van der Waals surface area contributed by atoms with Gasteiger partial charge in [-0.15, -0.1) is 0 Å². The molecule has 12 rings (SSSR count). The second kappa shape index (κ2) is 16.0. The highest BCUT2D eigenvalue weighted by atomic mass is 16.3. The summed E-state index contributed by atoms with van der Waals surface area (Å²) in [4.78, 5) is 2.49. The monoisotopic (exact) mass is 837 g/mol. The Balaban J connectivity index is 0.937. The molecule has 8 aromatic rings. The van der Waals surface area contributed by atoms with Crippen molar-refractivity contribution in [1.29, 1.82) is 0 Å². The van der Waals surface area contributed by atoms with Crippen LogP contribution in [0.15, 0.2) is 216 Å². The number of fused-ring (bicyclic) bond motifs is 5. The Labute approximate surface area is 382 Å². The zero-order valence-corrected chi connectivity index (χ0v) is 37.2. The third kappa shape index (κ3) is 6.96. The first-order valence-corrected chi connectivity index (χ1v) is 23.4. The van der Waals surface area contributed by atoms with Crippen LogP contribution in [0.5, 0.6) is 0 Å². The summed E-state index contributed by atoms with van der Waals surface area (Å²) in [6, 6.07) is 60.1. The molecule has 2 heteroatoms. The third-order valence-corrected chi connectivity index (χ3v) is 14.4. The van der Waals surface area contributed by atoms with Crippen LogP contribution in [0.2, 0.25) is 0 Å². The fourth-order valence-corrected chi connectivity index (χ4v) is 11.0. The number of hydrogen-bond acceptors (Lipinski definition) is 2. The maximum Gasteiger partial charge on any atom is 0.136 e. The molecule has 0 fully saturated rings. The fraction of sp³-hybridized carbons (Fsp3) is 0.143. The first kappa shape index (κ1) is 39.2. The largest absolute Gasteiger partial charge is 0.456 e. The molecule has 1 heterocycles. The van der Waals surface area contributed by atoms with Gasteiger partial charge >= 0.3 is 0 Å². The van der Waals surface area contributed by atoms with E-state index in [2.05, 4.69) is 213 Å². The molecular formula is C63H51NO. The number of rotatable bonds is 8. The molecule has 65 heavy (non-hydrogen) atoms. The summed E-state index contributed by atoms with van der Waals surface area (Å²) in [5.74, 6) is 0. The van der Waals surface area contributed by atoms with Crippen molar-refractivity contribution in [1.82, 2.24) is 0 Å². The molecule has 4 aliphatic carbocycles. The van der Waals surface area contributed by atoms with Gasteiger partial charge in [0.15, 0.2) is 0 Å². The van der Waals surface area contributed by atoms with E-state index < -0.39 is 0 Å². The summed E-state index contributed by atoms with van der Waals surface area (Å²) in [6.07, 6.45) is 20.4. The van der Waals surface area contributed by atoms with Gasteiger partial charge in [-0.2, -0.15) is 0 Å². The number of para-hydroxylation sites is 1. The summed E-state index contributed by atoms with van der Waals surface area (Å²) in [7, 11) is 0. The highest BCUT2D eigenvalue weighted by molar-refractivity contribution is 6.05. The normalized spacial score (nSPS) is 16.5. The van der Waals surface area contributed by atoms with Gasteiger partial charge < -0.3 is 9.32 Å². The molecule has 0 saturated carbocycles. The molecule has 0 radical (unpaired) electrons. The fourth-order valence-electron chi connectivity index (χ4n) is 11.0. The lowest BCUT2D eigenvalue weighted by Gasteiger charge is -2.31. The lowest BCUT2D eigenvalue weighted by atomic mass is 9.76. The van der Waals surface area contributed by atoms with E-state index in [0.717, 1.165) is 55.4 Å². The van der Waals surface area contributed by atoms with E-state index in [1.807, 2.05) is 6.07 Å². The zero-order chi connectivity index (χ0) is 43.5. The molecule has 0 bridgehead atoms. The molecule has 314 valence electrons. The number of nitrogens with zero attached hydrogens (tertiary/aromatic N) is 1. The summed E-state index contributed by atoms with van der Waals surface area (Å²) < 4.78 is 6.30. The van der Waals surface area contributed by atoms with Gasteiger partial charge in [-0.05, 0) is 172 Å². The predicted octanol–water partition coefficient (Wildman–Crippen LogP) is 17.5. The van der Waals surface area contributed by atoms with E-state index in [-0.39, 0.29) is 5.41 Å². The highest BCUT2D eigenvalue weighted by Crippen LogP contribution is 2.55. The molecule has 0 N–H and O–H groups in total. The van der Waals surface area contributed by atoms with Crippen LogP contribution < -0.4 is 4.90 Å². The Bertz CT molecular complexity index is 3360. The van der Waals surface area contributed by atoms with Gasteiger partial charge in [0.25, 0.3) is 0 Å². The first-order valence-electron chi connectivity index (χ1n) is 23.4. The van der Waals surface area contributed by atoms with E-state index >= 15 is 0 Å². The maximum atomic E-state index is 6.30. The predicted molar refractivity (Wildman–Crippen MR) is 275 cm³/mol. The van der Waals surface area contributed by atoms with Crippen molar-refractivity contribution >= 4 is 55.6 Å². The molecule has 4 aliphatic rings. The summed E-state index contributed by atoms with van der Waals surface area (Å²) >= 11 is 0. The summed E-state index contributed by atoms with van der Waals surface area (Å²) in [6.45, 7) is 4.90. The Morgan fingerprint density at radius 2 is 1.22 bits per heavy atom. The van der Waals surface area contributed by atoms with Gasteiger partial charge in [0.05, 0.1) is 0 Å². The molecule has 0 amide bonds. The highest BCUT2D eigenvalue weighted by Gasteiger charge is 2.40. The molecule has 1 aromatic heterocycles. The molecule has 7 aromatic carbocycles. The molecule has 0 spiro atoms. The van der Waals surface area contributed by atoms with Gasteiger partial charge in [0.2, 0.25) is 0 Å². The molecule has 0 unspecified atom stereocenters. The maximum absolute atomic E-state index is 6.30. The van der Waals surface area contributed by atoms with Crippen molar-refractivity contribution in [3.8, 4) is 22.3 Å². The number of anilines is 2. The smallest absolute Gasteiger partial charge is 0.136 e. The van der Waals surface area contributed by atoms with Crippen LogP contribution in [0.1, 0.15) is 80.2 Å². The van der Waals surface area contributed by atoms with Gasteiger partial charge in [0, 0.05) is 33.3 Å². The van der Waals surface area contributed by atoms with Crippen molar-refractivity contribution in [3.05, 3.63) is 239 Å². The number of furan rings is 1. The summed E-state index contributed by atoms with van der Waals surface area (Å²) in [5, 5.41) is 2.33. The minimum absolute atomic E-state index is 0.0621. The van der Waals surface area contributed by atoms with E-state index in [4.69, 9.17) is 4.42 Å². The second-order valence-electron chi connectivity index (χ2n) is 18.6. The van der Waals surface area contributed by atoms with Crippen molar-refractivity contribution in [2.75, 3.05) is 4.90 Å². The van der Waals surface area contributed by atoms with Crippen LogP contribution in [-0.2, 0) is 5.41 Å². The average Bonchev–Trinajstić information content (AvgIpc) is 3.86. The lowest BCUT2D eigenvalue weighted by molar-refractivity contribution is 0.609. The van der Waals surface area contributed by atoms with Crippen LogP contribution in [0, 0.1) is 0 Å². The van der Waals surface area contributed by atoms with Crippen molar-refractivity contribution < 1.29 is 4.42 Å². The third-order valence-electron chi connectivity index (χ3n) is 14.4. The SMILES string of the molecule is CC1(C)C2=C(C=C(c3cccc(N(C4=CC=C(c5ccc6c(c5)oc5ccccc56)CC4)c4ccc(-c5ccccc5)cc4)c3)CC2)c2c(-c3ccccc3)cc(C3=CCCC=C3)cc21. The van der Waals surface area contributed by atoms with Crippen molar-refractivity contribution in [3.63, 3.8) is 0 Å². The van der Waals surface area contributed by atoms with E-state index in [1.54, 1.807) is 5.57 Å². The molecule has 0 atom stereocenters. The van der Waals surface area contributed by atoms with Crippen LogP contribution >= 0.6 is 0 Å². The minimum atomic E-state index is -0.0621. The van der Waals surface area contributed by atoms with Crippen molar-refractivity contribution in [2.24, 2.45) is 0 Å². The van der Waals surface area contributed by atoms with Crippen LogP contribution in [0.3, 0.4) is 0 Å². The van der Waals surface area contributed by atoms with Crippen molar-refractivity contribution in [2.45, 2.75) is 57.8 Å². The Kier molecular flexibility index (Phi) is 9.64. The molecule has 0 saturated heterocycles.